The molecule has 0 bridgehead atoms. The van der Waals surface area contributed by atoms with Gasteiger partial charge in [0.25, 0.3) is 0 Å². The molecule has 0 aliphatic heterocycles. The molecule has 1 fully saturated rings. The van der Waals surface area contributed by atoms with Gasteiger partial charge in [-0.25, -0.2) is 4.98 Å². The van der Waals surface area contributed by atoms with Crippen LogP contribution in [0.25, 0.3) is 0 Å². The van der Waals surface area contributed by atoms with Crippen molar-refractivity contribution in [3.05, 3.63) is 16.1 Å². The molecule has 0 amide bonds. The van der Waals surface area contributed by atoms with Gasteiger partial charge in [-0.2, -0.15) is 13.2 Å². The third kappa shape index (κ3) is 6.55. The molecule has 0 aromatic carbocycles. The molecule has 1 aliphatic carbocycles. The van der Waals surface area contributed by atoms with Crippen LogP contribution in [0.5, 0.6) is 0 Å². The van der Waals surface area contributed by atoms with Crippen LogP contribution in [0.4, 0.5) is 13.2 Å². The highest BCUT2D eigenvalue weighted by atomic mass is 127. The zero-order valence-corrected chi connectivity index (χ0v) is 17.4. The molecule has 0 atom stereocenters. The Bertz CT molecular complexity index is 561. The fourth-order valence-electron chi connectivity index (χ4n) is 2.68. The molecule has 2 rings (SSSR count). The highest BCUT2D eigenvalue weighted by Crippen LogP contribution is 2.43. The normalized spacial score (nSPS) is 16.8. The third-order valence-corrected chi connectivity index (χ3v) is 5.20. The molecule has 0 unspecified atom stereocenters. The van der Waals surface area contributed by atoms with Gasteiger partial charge in [0.15, 0.2) is 11.7 Å². The van der Waals surface area contributed by atoms with Gasteiger partial charge in [0.2, 0.25) is 0 Å². The van der Waals surface area contributed by atoms with Gasteiger partial charge in [-0.15, -0.1) is 35.3 Å². The SMILES string of the molecule is CN=C(NCc1nc(C(F)(F)F)cs1)NCC1(CCOC)CCC1.I. The number of thiazole rings is 1. The number of guanidine groups is 1. The average molecular weight is 492 g/mol. The first kappa shape index (κ1) is 22.4. The maximum absolute atomic E-state index is 12.5. The minimum Gasteiger partial charge on any atom is -0.385 e. The van der Waals surface area contributed by atoms with E-state index in [2.05, 4.69) is 20.6 Å². The zero-order valence-electron chi connectivity index (χ0n) is 14.3. The van der Waals surface area contributed by atoms with Crippen LogP contribution < -0.4 is 10.6 Å². The monoisotopic (exact) mass is 492 g/mol. The summed E-state index contributed by atoms with van der Waals surface area (Å²) >= 11 is 0.986. The Morgan fingerprint density at radius 2 is 2.12 bits per heavy atom. The fourth-order valence-corrected chi connectivity index (χ4v) is 3.42. The smallest absolute Gasteiger partial charge is 0.385 e. The van der Waals surface area contributed by atoms with Crippen LogP contribution in [0.15, 0.2) is 10.4 Å². The topological polar surface area (TPSA) is 58.5 Å². The number of hydrogen-bond acceptors (Lipinski definition) is 4. The second kappa shape index (κ2) is 9.91. The van der Waals surface area contributed by atoms with E-state index >= 15 is 0 Å². The Balaban J connectivity index is 0.00000312. The minimum absolute atomic E-state index is 0. The molecule has 1 saturated carbocycles. The van der Waals surface area contributed by atoms with E-state index < -0.39 is 11.9 Å². The second-order valence-corrected chi connectivity index (χ2v) is 6.94. The lowest BCUT2D eigenvalue weighted by Gasteiger charge is -2.42. The number of aromatic nitrogens is 1. The van der Waals surface area contributed by atoms with Crippen molar-refractivity contribution in [1.29, 1.82) is 0 Å². The number of hydrogen-bond donors (Lipinski definition) is 2. The zero-order chi connectivity index (χ0) is 17.6. The summed E-state index contributed by atoms with van der Waals surface area (Å²) in [7, 11) is 3.34. The van der Waals surface area contributed by atoms with E-state index in [1.807, 2.05) is 0 Å². The highest BCUT2D eigenvalue weighted by Gasteiger charge is 2.36. The molecule has 2 N–H and O–H groups in total. The van der Waals surface area contributed by atoms with Crippen LogP contribution in [-0.4, -0.2) is 38.3 Å². The molecule has 144 valence electrons. The van der Waals surface area contributed by atoms with Crippen LogP contribution >= 0.6 is 35.3 Å². The fraction of sp³-hybridized carbons (Fsp3) is 0.733. The van der Waals surface area contributed by atoms with Crippen molar-refractivity contribution in [2.45, 2.75) is 38.4 Å². The Hall–Kier alpha value is -0.620. The van der Waals surface area contributed by atoms with Crippen molar-refractivity contribution in [2.24, 2.45) is 10.4 Å². The summed E-state index contributed by atoms with van der Waals surface area (Å²) in [6.07, 6.45) is 0.127. The molecule has 1 heterocycles. The molecule has 1 aliphatic rings. The molecular formula is C15H24F3IN4OS. The van der Waals surface area contributed by atoms with Gasteiger partial charge < -0.3 is 15.4 Å². The summed E-state index contributed by atoms with van der Waals surface area (Å²) in [6, 6.07) is 0. The van der Waals surface area contributed by atoms with Crippen LogP contribution in [0.1, 0.15) is 36.4 Å². The predicted octanol–water partition coefficient (Wildman–Crippen LogP) is 3.65. The number of nitrogens with one attached hydrogen (secondary N) is 2. The van der Waals surface area contributed by atoms with Gasteiger partial charge >= 0.3 is 6.18 Å². The Morgan fingerprint density at radius 1 is 1.40 bits per heavy atom. The first-order valence-corrected chi connectivity index (χ1v) is 8.71. The quantitative estimate of drug-likeness (QED) is 0.347. The molecule has 0 saturated heterocycles. The van der Waals surface area contributed by atoms with Gasteiger partial charge in [-0.05, 0) is 24.7 Å². The van der Waals surface area contributed by atoms with Gasteiger partial charge in [0, 0.05) is 32.7 Å². The second-order valence-electron chi connectivity index (χ2n) is 6.00. The van der Waals surface area contributed by atoms with Crippen molar-refractivity contribution in [1.82, 2.24) is 15.6 Å². The number of methoxy groups -OCH3 is 1. The summed E-state index contributed by atoms with van der Waals surface area (Å²) in [5.41, 5.74) is -0.613. The van der Waals surface area contributed by atoms with E-state index in [-0.39, 0.29) is 35.9 Å². The lowest BCUT2D eigenvalue weighted by Crippen LogP contribution is -2.46. The van der Waals surface area contributed by atoms with E-state index in [4.69, 9.17) is 4.74 Å². The lowest BCUT2D eigenvalue weighted by molar-refractivity contribution is -0.140. The van der Waals surface area contributed by atoms with E-state index in [0.29, 0.717) is 11.0 Å². The van der Waals surface area contributed by atoms with E-state index in [9.17, 15) is 13.2 Å². The maximum Gasteiger partial charge on any atom is 0.434 e. The van der Waals surface area contributed by atoms with Crippen molar-refractivity contribution in [3.63, 3.8) is 0 Å². The molecule has 1 aromatic rings. The minimum atomic E-state index is -4.40. The molecular weight excluding hydrogens is 468 g/mol. The van der Waals surface area contributed by atoms with Crippen LogP contribution in [-0.2, 0) is 17.5 Å². The number of aliphatic imine (C=N–C) groups is 1. The molecule has 0 spiro atoms. The number of ether oxygens (including phenoxy) is 1. The first-order valence-electron chi connectivity index (χ1n) is 7.84. The lowest BCUT2D eigenvalue weighted by atomic mass is 9.67. The number of halogens is 4. The summed E-state index contributed by atoms with van der Waals surface area (Å²) in [6.45, 7) is 1.72. The van der Waals surface area contributed by atoms with Crippen LogP contribution in [0.3, 0.4) is 0 Å². The Morgan fingerprint density at radius 3 is 2.60 bits per heavy atom. The number of rotatable bonds is 7. The number of nitrogens with zero attached hydrogens (tertiary/aromatic N) is 2. The van der Waals surface area contributed by atoms with Crippen LogP contribution in [0, 0.1) is 5.41 Å². The van der Waals surface area contributed by atoms with Crippen molar-refractivity contribution in [2.75, 3.05) is 27.3 Å². The maximum atomic E-state index is 12.5. The van der Waals surface area contributed by atoms with Gasteiger partial charge in [0.1, 0.15) is 5.01 Å². The largest absolute Gasteiger partial charge is 0.434 e. The summed E-state index contributed by atoms with van der Waals surface area (Å²) in [5, 5.41) is 7.69. The standard InChI is InChI=1S/C15H23F3N4OS.HI/c1-19-13(21-10-14(4-3-5-14)6-7-23-2)20-8-12-22-11(9-24-12)15(16,17)18;/h9H,3-8,10H2,1-2H3,(H2,19,20,21);1H. The van der Waals surface area contributed by atoms with E-state index in [0.717, 1.165) is 49.1 Å². The predicted molar refractivity (Wildman–Crippen MR) is 104 cm³/mol. The average Bonchev–Trinajstić information content (AvgIpc) is 2.97. The Kier molecular flexibility index (Phi) is 8.89. The van der Waals surface area contributed by atoms with Gasteiger partial charge in [-0.1, -0.05) is 6.42 Å². The Labute approximate surface area is 166 Å². The summed E-state index contributed by atoms with van der Waals surface area (Å²) < 4.78 is 42.8. The van der Waals surface area contributed by atoms with Crippen LogP contribution in [0.2, 0.25) is 0 Å². The number of alkyl halides is 3. The molecule has 1 aromatic heterocycles. The van der Waals surface area contributed by atoms with Crippen molar-refractivity contribution >= 4 is 41.3 Å². The first-order chi connectivity index (χ1) is 11.4. The van der Waals surface area contributed by atoms with Crippen molar-refractivity contribution < 1.29 is 17.9 Å². The molecule has 25 heavy (non-hydrogen) atoms. The third-order valence-electron chi connectivity index (χ3n) is 4.35. The van der Waals surface area contributed by atoms with Gasteiger partial charge in [0.05, 0.1) is 6.54 Å². The molecule has 10 heteroatoms. The molecule has 5 nitrogen and oxygen atoms in total. The van der Waals surface area contributed by atoms with Gasteiger partial charge in [-0.3, -0.25) is 4.99 Å². The summed E-state index contributed by atoms with van der Waals surface area (Å²) in [5.74, 6) is 0.572. The van der Waals surface area contributed by atoms with Crippen molar-refractivity contribution in [3.8, 4) is 0 Å². The van der Waals surface area contributed by atoms with E-state index in [1.165, 1.54) is 6.42 Å². The summed E-state index contributed by atoms with van der Waals surface area (Å²) in [4.78, 5) is 7.71. The highest BCUT2D eigenvalue weighted by molar-refractivity contribution is 14.0. The van der Waals surface area contributed by atoms with E-state index in [1.54, 1.807) is 14.2 Å². The molecule has 0 radical (unpaired) electrons.